The molecule has 1 aliphatic rings. The predicted octanol–water partition coefficient (Wildman–Crippen LogP) is 5.97. The van der Waals surface area contributed by atoms with Gasteiger partial charge in [0.05, 0.1) is 11.4 Å². The van der Waals surface area contributed by atoms with E-state index in [9.17, 15) is 4.39 Å². The lowest BCUT2D eigenvalue weighted by atomic mass is 9.80. The number of hydrogen-bond acceptors (Lipinski definition) is 2. The number of benzene rings is 2. The second-order valence-electron chi connectivity index (χ2n) is 6.79. The monoisotopic (exact) mass is 344 g/mol. The SMILES string of the molecule is Cc1nc(N=C(c2ccccc2)c2ccccc2)cc(C2CCC2)c1F. The lowest BCUT2D eigenvalue weighted by Gasteiger charge is -2.26. The number of nitrogens with zero attached hydrogens (tertiary/aromatic N) is 2. The smallest absolute Gasteiger partial charge is 0.153 e. The predicted molar refractivity (Wildman–Crippen MR) is 104 cm³/mol. The van der Waals surface area contributed by atoms with Crippen LogP contribution in [0.15, 0.2) is 71.7 Å². The molecule has 26 heavy (non-hydrogen) atoms. The zero-order valence-electron chi connectivity index (χ0n) is 14.8. The van der Waals surface area contributed by atoms with Gasteiger partial charge in [-0.25, -0.2) is 14.4 Å². The standard InChI is InChI=1S/C23H21FN2/c1-16-22(24)20(17-13-8-14-17)15-21(25-16)26-23(18-9-4-2-5-10-18)19-11-6-3-7-12-19/h2-7,9-12,15,17H,8,13-14H2,1H3. The zero-order chi connectivity index (χ0) is 17.9. The lowest BCUT2D eigenvalue weighted by molar-refractivity contribution is 0.402. The van der Waals surface area contributed by atoms with Crippen molar-refractivity contribution in [2.45, 2.75) is 32.1 Å². The van der Waals surface area contributed by atoms with Crippen LogP contribution in [-0.4, -0.2) is 10.7 Å². The number of halogens is 1. The van der Waals surface area contributed by atoms with E-state index in [0.29, 0.717) is 17.4 Å². The Morgan fingerprint density at radius 3 is 2.04 bits per heavy atom. The summed E-state index contributed by atoms with van der Waals surface area (Å²) >= 11 is 0. The van der Waals surface area contributed by atoms with Crippen LogP contribution < -0.4 is 0 Å². The van der Waals surface area contributed by atoms with Crippen LogP contribution in [0.4, 0.5) is 10.2 Å². The summed E-state index contributed by atoms with van der Waals surface area (Å²) in [6.07, 6.45) is 3.27. The van der Waals surface area contributed by atoms with Gasteiger partial charge in [-0.3, -0.25) is 0 Å². The van der Waals surface area contributed by atoms with Crippen molar-refractivity contribution in [3.63, 3.8) is 0 Å². The van der Waals surface area contributed by atoms with E-state index in [-0.39, 0.29) is 5.82 Å². The Hall–Kier alpha value is -2.81. The summed E-state index contributed by atoms with van der Waals surface area (Å²) in [5, 5.41) is 0. The van der Waals surface area contributed by atoms with E-state index in [1.165, 1.54) is 6.42 Å². The Labute approximate surface area is 153 Å². The van der Waals surface area contributed by atoms with Gasteiger partial charge in [-0.05, 0) is 37.3 Å². The van der Waals surface area contributed by atoms with Crippen LogP contribution in [0.3, 0.4) is 0 Å². The Balaban J connectivity index is 1.84. The third-order valence-electron chi connectivity index (χ3n) is 5.00. The molecule has 1 fully saturated rings. The first-order valence-corrected chi connectivity index (χ1v) is 9.09. The van der Waals surface area contributed by atoms with Gasteiger partial charge in [0.2, 0.25) is 0 Å². The molecule has 1 aromatic heterocycles. The van der Waals surface area contributed by atoms with Gasteiger partial charge in [-0.15, -0.1) is 0 Å². The molecule has 1 heterocycles. The van der Waals surface area contributed by atoms with E-state index in [2.05, 4.69) is 4.98 Å². The fourth-order valence-corrected chi connectivity index (χ4v) is 3.34. The van der Waals surface area contributed by atoms with Crippen molar-refractivity contribution in [1.29, 1.82) is 0 Å². The number of aromatic nitrogens is 1. The van der Waals surface area contributed by atoms with Gasteiger partial charge in [0.1, 0.15) is 5.82 Å². The maximum absolute atomic E-state index is 14.5. The van der Waals surface area contributed by atoms with Crippen molar-refractivity contribution in [3.05, 3.63) is 94.9 Å². The normalized spacial score (nSPS) is 13.9. The molecule has 130 valence electrons. The lowest BCUT2D eigenvalue weighted by Crippen LogP contribution is -2.12. The Kier molecular flexibility index (Phi) is 4.61. The molecular weight excluding hydrogens is 323 g/mol. The van der Waals surface area contributed by atoms with Crippen molar-refractivity contribution >= 4 is 11.5 Å². The van der Waals surface area contributed by atoms with Gasteiger partial charge >= 0.3 is 0 Å². The highest BCUT2D eigenvalue weighted by Crippen LogP contribution is 2.39. The van der Waals surface area contributed by atoms with E-state index in [0.717, 1.165) is 35.2 Å². The minimum absolute atomic E-state index is 0.172. The third-order valence-corrected chi connectivity index (χ3v) is 5.00. The molecule has 0 aliphatic heterocycles. The van der Waals surface area contributed by atoms with Gasteiger partial charge in [-0.1, -0.05) is 67.1 Å². The molecular formula is C23H21FN2. The van der Waals surface area contributed by atoms with Crippen LogP contribution in [0.5, 0.6) is 0 Å². The van der Waals surface area contributed by atoms with Crippen molar-refractivity contribution in [3.8, 4) is 0 Å². The Morgan fingerprint density at radius 1 is 0.962 bits per heavy atom. The third kappa shape index (κ3) is 3.30. The molecule has 1 aliphatic carbocycles. The van der Waals surface area contributed by atoms with Gasteiger partial charge < -0.3 is 0 Å². The molecule has 3 heteroatoms. The molecule has 0 saturated heterocycles. The molecule has 2 aromatic carbocycles. The summed E-state index contributed by atoms with van der Waals surface area (Å²) in [6, 6.07) is 21.9. The maximum atomic E-state index is 14.5. The summed E-state index contributed by atoms with van der Waals surface area (Å²) in [7, 11) is 0. The molecule has 0 atom stereocenters. The highest BCUT2D eigenvalue weighted by Gasteiger charge is 2.24. The van der Waals surface area contributed by atoms with Gasteiger partial charge in [0, 0.05) is 11.1 Å². The van der Waals surface area contributed by atoms with E-state index < -0.39 is 0 Å². The van der Waals surface area contributed by atoms with Crippen molar-refractivity contribution in [1.82, 2.24) is 4.98 Å². The van der Waals surface area contributed by atoms with E-state index in [1.54, 1.807) is 6.92 Å². The molecule has 3 aromatic rings. The molecule has 0 radical (unpaired) electrons. The van der Waals surface area contributed by atoms with Gasteiger partial charge in [0.15, 0.2) is 5.82 Å². The van der Waals surface area contributed by atoms with Gasteiger partial charge in [0.25, 0.3) is 0 Å². The minimum atomic E-state index is -0.172. The molecule has 0 unspecified atom stereocenters. The topological polar surface area (TPSA) is 25.2 Å². The van der Waals surface area contributed by atoms with Crippen LogP contribution in [0.2, 0.25) is 0 Å². The highest BCUT2D eigenvalue weighted by molar-refractivity contribution is 6.13. The minimum Gasteiger partial charge on any atom is -0.231 e. The largest absolute Gasteiger partial charge is 0.231 e. The van der Waals surface area contributed by atoms with Crippen molar-refractivity contribution < 1.29 is 4.39 Å². The van der Waals surface area contributed by atoms with E-state index in [4.69, 9.17) is 4.99 Å². The number of aliphatic imine (C=N–C) groups is 1. The average molecular weight is 344 g/mol. The Bertz CT molecular complexity index is 888. The molecule has 0 spiro atoms. The summed E-state index contributed by atoms with van der Waals surface area (Å²) in [4.78, 5) is 9.24. The zero-order valence-corrected chi connectivity index (χ0v) is 14.8. The first-order chi connectivity index (χ1) is 12.7. The Morgan fingerprint density at radius 2 is 1.54 bits per heavy atom. The van der Waals surface area contributed by atoms with E-state index in [1.807, 2.05) is 66.7 Å². The maximum Gasteiger partial charge on any atom is 0.153 e. The number of pyridine rings is 1. The molecule has 0 N–H and O–H groups in total. The summed E-state index contributed by atoms with van der Waals surface area (Å²) < 4.78 is 14.5. The van der Waals surface area contributed by atoms with Crippen molar-refractivity contribution in [2.24, 2.45) is 4.99 Å². The first-order valence-electron chi connectivity index (χ1n) is 9.09. The van der Waals surface area contributed by atoms with Crippen molar-refractivity contribution in [2.75, 3.05) is 0 Å². The second kappa shape index (κ2) is 7.20. The fourth-order valence-electron chi connectivity index (χ4n) is 3.34. The van der Waals surface area contributed by atoms with Gasteiger partial charge in [-0.2, -0.15) is 0 Å². The quantitative estimate of drug-likeness (QED) is 0.536. The number of rotatable bonds is 4. The number of aryl methyl sites for hydroxylation is 1. The van der Waals surface area contributed by atoms with Crippen LogP contribution in [0.1, 0.15) is 47.6 Å². The van der Waals surface area contributed by atoms with Crippen LogP contribution in [0, 0.1) is 12.7 Å². The van der Waals surface area contributed by atoms with E-state index >= 15 is 0 Å². The molecule has 4 rings (SSSR count). The van der Waals surface area contributed by atoms with Crippen LogP contribution in [-0.2, 0) is 0 Å². The number of hydrogen-bond donors (Lipinski definition) is 0. The highest BCUT2D eigenvalue weighted by atomic mass is 19.1. The summed E-state index contributed by atoms with van der Waals surface area (Å²) in [5.41, 5.74) is 4.08. The molecule has 0 amide bonds. The first kappa shape index (κ1) is 16.6. The molecule has 2 nitrogen and oxygen atoms in total. The van der Waals surface area contributed by atoms with Crippen LogP contribution >= 0.6 is 0 Å². The average Bonchev–Trinajstić information content (AvgIpc) is 2.63. The fraction of sp³-hybridized carbons (Fsp3) is 0.217. The molecule has 1 saturated carbocycles. The summed E-state index contributed by atoms with van der Waals surface area (Å²) in [6.45, 7) is 1.72. The summed E-state index contributed by atoms with van der Waals surface area (Å²) in [5.74, 6) is 0.714. The second-order valence-corrected chi connectivity index (χ2v) is 6.79. The molecule has 0 bridgehead atoms. The van der Waals surface area contributed by atoms with Crippen LogP contribution in [0.25, 0.3) is 0 Å².